The highest BCUT2D eigenvalue weighted by molar-refractivity contribution is 14.1. The fraction of sp³-hybridized carbons (Fsp3) is 0.211. The number of halogens is 1. The third-order valence-electron chi connectivity index (χ3n) is 3.64. The summed E-state index contributed by atoms with van der Waals surface area (Å²) in [4.78, 5) is 11.6. The summed E-state index contributed by atoms with van der Waals surface area (Å²) in [5, 5.41) is 12.1. The van der Waals surface area contributed by atoms with Crippen LogP contribution in [0.5, 0.6) is 5.75 Å². The summed E-state index contributed by atoms with van der Waals surface area (Å²) < 4.78 is 31.2. The number of aromatic carboxylic acids is 1. The lowest BCUT2D eigenvalue weighted by atomic mass is 10.1. The summed E-state index contributed by atoms with van der Waals surface area (Å²) in [6.45, 7) is 3.67. The molecule has 2 rings (SSSR count). The number of hydrogen-bond donors (Lipinski definition) is 2. The molecule has 8 heteroatoms. The molecular weight excluding hydrogens is 481 g/mol. The molecule has 0 aliphatic rings. The van der Waals surface area contributed by atoms with E-state index in [1.54, 1.807) is 32.0 Å². The summed E-state index contributed by atoms with van der Waals surface area (Å²) >= 11 is 2.02. The van der Waals surface area contributed by atoms with Gasteiger partial charge in [-0.2, -0.15) is 0 Å². The first-order valence-corrected chi connectivity index (χ1v) is 10.6. The van der Waals surface area contributed by atoms with Crippen molar-refractivity contribution in [2.75, 3.05) is 17.8 Å². The van der Waals surface area contributed by atoms with Crippen LogP contribution in [0.4, 0.5) is 5.69 Å². The number of carboxylic acids is 1. The van der Waals surface area contributed by atoms with E-state index in [0.29, 0.717) is 17.0 Å². The van der Waals surface area contributed by atoms with E-state index in [1.807, 2.05) is 22.6 Å². The molecule has 0 amide bonds. The van der Waals surface area contributed by atoms with Gasteiger partial charge in [0, 0.05) is 3.57 Å². The van der Waals surface area contributed by atoms with Crippen LogP contribution in [0.15, 0.2) is 41.3 Å². The van der Waals surface area contributed by atoms with Crippen LogP contribution >= 0.6 is 22.6 Å². The molecule has 0 fully saturated rings. The van der Waals surface area contributed by atoms with E-state index < -0.39 is 21.7 Å². The van der Waals surface area contributed by atoms with Crippen molar-refractivity contribution in [3.8, 4) is 17.6 Å². The minimum atomic E-state index is -3.66. The highest BCUT2D eigenvalue weighted by Crippen LogP contribution is 2.25. The van der Waals surface area contributed by atoms with Gasteiger partial charge in [-0.25, -0.2) is 13.2 Å². The second-order valence-corrected chi connectivity index (χ2v) is 8.81. The largest absolute Gasteiger partial charge is 0.481 e. The number of sulfone groups is 1. The summed E-state index contributed by atoms with van der Waals surface area (Å²) in [7, 11) is -3.66. The van der Waals surface area contributed by atoms with Gasteiger partial charge in [-0.15, -0.1) is 5.92 Å². The zero-order chi connectivity index (χ0) is 20.0. The molecule has 27 heavy (non-hydrogen) atoms. The maximum absolute atomic E-state index is 12.6. The minimum Gasteiger partial charge on any atom is -0.481 e. The first-order valence-electron chi connectivity index (χ1n) is 7.87. The average molecular weight is 499 g/mol. The number of carbonyl (C=O) groups is 1. The number of aryl methyl sites for hydroxylation is 1. The normalized spacial score (nSPS) is 10.6. The van der Waals surface area contributed by atoms with Crippen LogP contribution in [0.25, 0.3) is 0 Å². The fourth-order valence-corrected chi connectivity index (χ4v) is 4.16. The predicted molar refractivity (Wildman–Crippen MR) is 112 cm³/mol. The Labute approximate surface area is 172 Å². The lowest BCUT2D eigenvalue weighted by Crippen LogP contribution is -2.17. The number of benzene rings is 2. The predicted octanol–water partition coefficient (Wildman–Crippen LogP) is 3.54. The van der Waals surface area contributed by atoms with E-state index in [-0.39, 0.29) is 17.1 Å². The maximum atomic E-state index is 12.6. The first kappa shape index (κ1) is 21.1. The molecule has 6 nitrogen and oxygen atoms in total. The smallest absolute Gasteiger partial charge is 0.337 e. The molecule has 0 heterocycles. The van der Waals surface area contributed by atoms with Gasteiger partial charge in [0.05, 0.1) is 16.1 Å². The van der Waals surface area contributed by atoms with Gasteiger partial charge in [0.15, 0.2) is 9.84 Å². The molecule has 0 saturated heterocycles. The number of nitrogens with one attached hydrogen (secondary N) is 1. The lowest BCUT2D eigenvalue weighted by molar-refractivity contribution is 0.0697. The highest BCUT2D eigenvalue weighted by Gasteiger charge is 2.18. The van der Waals surface area contributed by atoms with E-state index >= 15 is 0 Å². The third kappa shape index (κ3) is 5.61. The SMILES string of the molecule is CC#CCOc1ccc(S(=O)(=O)CNc2c(C)cc(I)cc2C(=O)O)cc1. The Kier molecular flexibility index (Phi) is 7.10. The molecule has 0 aliphatic carbocycles. The van der Waals surface area contributed by atoms with Crippen molar-refractivity contribution in [3.63, 3.8) is 0 Å². The summed E-state index contributed by atoms with van der Waals surface area (Å²) in [5.41, 5.74) is 0.996. The molecular formula is C19H18INO5S. The van der Waals surface area contributed by atoms with Gasteiger partial charge in [0.1, 0.15) is 18.2 Å². The van der Waals surface area contributed by atoms with Gasteiger partial charge >= 0.3 is 5.97 Å². The Morgan fingerprint density at radius 2 is 1.93 bits per heavy atom. The molecule has 0 radical (unpaired) electrons. The number of rotatable bonds is 7. The van der Waals surface area contributed by atoms with Gasteiger partial charge in [0.25, 0.3) is 0 Å². The van der Waals surface area contributed by atoms with Crippen LogP contribution in [0.2, 0.25) is 0 Å². The molecule has 0 saturated carbocycles. The number of anilines is 1. The van der Waals surface area contributed by atoms with Crippen LogP contribution < -0.4 is 10.1 Å². The quantitative estimate of drug-likeness (QED) is 0.448. The van der Waals surface area contributed by atoms with E-state index in [4.69, 9.17) is 4.74 Å². The molecule has 0 atom stereocenters. The van der Waals surface area contributed by atoms with E-state index in [9.17, 15) is 18.3 Å². The Bertz CT molecular complexity index is 1000. The Morgan fingerprint density at radius 3 is 2.52 bits per heavy atom. The van der Waals surface area contributed by atoms with E-state index in [0.717, 1.165) is 3.57 Å². The van der Waals surface area contributed by atoms with Crippen molar-refractivity contribution >= 4 is 44.1 Å². The van der Waals surface area contributed by atoms with Gasteiger partial charge in [-0.1, -0.05) is 5.92 Å². The summed E-state index contributed by atoms with van der Waals surface area (Å²) in [5.74, 6) is 4.44. The van der Waals surface area contributed by atoms with Crippen molar-refractivity contribution in [1.82, 2.24) is 0 Å². The Hall–Kier alpha value is -2.25. The average Bonchev–Trinajstić information content (AvgIpc) is 2.61. The van der Waals surface area contributed by atoms with Crippen LogP contribution in [0.1, 0.15) is 22.8 Å². The van der Waals surface area contributed by atoms with Crippen LogP contribution in [-0.4, -0.2) is 32.0 Å². The highest BCUT2D eigenvalue weighted by atomic mass is 127. The van der Waals surface area contributed by atoms with E-state index in [2.05, 4.69) is 17.2 Å². The van der Waals surface area contributed by atoms with Crippen molar-refractivity contribution in [2.24, 2.45) is 0 Å². The monoisotopic (exact) mass is 499 g/mol. The van der Waals surface area contributed by atoms with Crippen LogP contribution in [-0.2, 0) is 9.84 Å². The lowest BCUT2D eigenvalue weighted by Gasteiger charge is -2.14. The minimum absolute atomic E-state index is 0.0374. The molecule has 0 unspecified atom stereocenters. The molecule has 0 aliphatic heterocycles. The first-order chi connectivity index (χ1) is 12.7. The third-order valence-corrected chi connectivity index (χ3v) is 5.78. The molecule has 142 valence electrons. The standard InChI is InChI=1S/C19H18INO5S/c1-3-4-9-26-15-5-7-16(8-6-15)27(24,25)12-21-18-13(2)10-14(20)11-17(18)19(22)23/h5-8,10-11,21H,9,12H2,1-2H3,(H,22,23). The second kappa shape index (κ2) is 9.10. The number of hydrogen-bond acceptors (Lipinski definition) is 5. The summed E-state index contributed by atoms with van der Waals surface area (Å²) in [6, 6.07) is 9.30. The van der Waals surface area contributed by atoms with Gasteiger partial charge in [-0.05, 0) is 78.4 Å². The Morgan fingerprint density at radius 1 is 1.26 bits per heavy atom. The number of ether oxygens (including phenoxy) is 1. The van der Waals surface area contributed by atoms with E-state index in [1.165, 1.54) is 18.2 Å². The molecule has 0 aromatic heterocycles. The Balaban J connectivity index is 2.18. The van der Waals surface area contributed by atoms with Crippen molar-refractivity contribution in [3.05, 3.63) is 51.1 Å². The topological polar surface area (TPSA) is 92.7 Å². The van der Waals surface area contributed by atoms with Crippen molar-refractivity contribution in [1.29, 1.82) is 0 Å². The zero-order valence-electron chi connectivity index (χ0n) is 14.7. The molecule has 0 spiro atoms. The van der Waals surface area contributed by atoms with Crippen molar-refractivity contribution < 1.29 is 23.1 Å². The molecule has 0 bridgehead atoms. The van der Waals surface area contributed by atoms with Crippen molar-refractivity contribution in [2.45, 2.75) is 18.7 Å². The second-order valence-electron chi connectivity index (χ2n) is 5.57. The molecule has 2 N–H and O–H groups in total. The molecule has 2 aromatic carbocycles. The molecule has 2 aromatic rings. The summed E-state index contributed by atoms with van der Waals surface area (Å²) in [6.07, 6.45) is 0. The van der Waals surface area contributed by atoms with Crippen LogP contribution in [0, 0.1) is 22.3 Å². The van der Waals surface area contributed by atoms with Gasteiger partial charge in [-0.3, -0.25) is 0 Å². The van der Waals surface area contributed by atoms with Gasteiger partial charge in [0.2, 0.25) is 0 Å². The number of carboxylic acid groups (broad SMARTS) is 1. The van der Waals surface area contributed by atoms with Gasteiger partial charge < -0.3 is 15.2 Å². The maximum Gasteiger partial charge on any atom is 0.337 e. The fourth-order valence-electron chi connectivity index (χ4n) is 2.33. The zero-order valence-corrected chi connectivity index (χ0v) is 17.7. The van der Waals surface area contributed by atoms with Crippen LogP contribution in [0.3, 0.4) is 0 Å².